The molecule has 0 aromatic rings. The molecule has 6 nitrogen and oxygen atoms in total. The minimum absolute atomic E-state index is 0.113. The fourth-order valence-electron chi connectivity index (χ4n) is 8.63. The fourth-order valence-corrected chi connectivity index (χ4v) is 19.4. The lowest BCUT2D eigenvalue weighted by Crippen LogP contribution is -2.61. The third-order valence-corrected chi connectivity index (χ3v) is 22.7. The first-order valence-electron chi connectivity index (χ1n) is 17.9. The summed E-state index contributed by atoms with van der Waals surface area (Å²) in [6.45, 7) is 28.6. The standard InChI is InChI=1S/C38H65NO5Si2/c1-14-15-16-17-18-19-20-21-22-23-35(40)33-26-38(44-46(30(8)9,31(10)11)32(12)13)34(24-25-39(38)36(33)41)37(42)43-45(27(2)3,28(4)5)29(6)7/h14-17,22-23,26-32,34H,18-21,24-25H2,1-13H3/b15-14+,17-16+,23-22+/t34-,38-/m0/s1. The van der Waals surface area contributed by atoms with Gasteiger partial charge >= 0.3 is 5.97 Å². The lowest BCUT2D eigenvalue weighted by atomic mass is 9.95. The van der Waals surface area contributed by atoms with Gasteiger partial charge in [-0.25, -0.2) is 0 Å². The molecule has 0 bridgehead atoms. The van der Waals surface area contributed by atoms with E-state index in [-0.39, 0.29) is 56.5 Å². The van der Waals surface area contributed by atoms with Crippen molar-refractivity contribution in [2.24, 2.45) is 5.92 Å². The Bertz CT molecular complexity index is 1140. The first-order valence-corrected chi connectivity index (χ1v) is 22.2. The van der Waals surface area contributed by atoms with Crippen LogP contribution in [0, 0.1) is 5.92 Å². The molecule has 0 radical (unpaired) electrons. The van der Waals surface area contributed by atoms with E-state index in [1.54, 1.807) is 11.0 Å². The topological polar surface area (TPSA) is 72.9 Å². The maximum atomic E-state index is 14.5. The Morgan fingerprint density at radius 3 is 1.80 bits per heavy atom. The summed E-state index contributed by atoms with van der Waals surface area (Å²) in [4.78, 5) is 43.9. The summed E-state index contributed by atoms with van der Waals surface area (Å²) in [5.74, 6) is -1.62. The van der Waals surface area contributed by atoms with Gasteiger partial charge in [-0.15, -0.1) is 0 Å². The van der Waals surface area contributed by atoms with Gasteiger partial charge in [-0.3, -0.25) is 14.4 Å². The largest absolute Gasteiger partial charge is 0.518 e. The average molecular weight is 672 g/mol. The number of allylic oxidation sites excluding steroid dienone is 6. The highest BCUT2D eigenvalue weighted by molar-refractivity contribution is 6.79. The number of nitrogens with zero attached hydrogens (tertiary/aromatic N) is 1. The fraction of sp³-hybridized carbons (Fsp3) is 0.711. The molecule has 8 heteroatoms. The van der Waals surface area contributed by atoms with Crippen molar-refractivity contribution in [3.05, 3.63) is 48.1 Å². The molecule has 2 atom stereocenters. The number of carbonyl (C=O) groups excluding carboxylic acids is 3. The number of fused-ring (bicyclic) bond motifs is 1. The lowest BCUT2D eigenvalue weighted by Gasteiger charge is -2.50. The number of unbranched alkanes of at least 4 members (excludes halogenated alkanes) is 3. The quantitative estimate of drug-likeness (QED) is 0.0477. The van der Waals surface area contributed by atoms with Crippen molar-refractivity contribution in [1.82, 2.24) is 4.90 Å². The van der Waals surface area contributed by atoms with Crippen LogP contribution in [0.15, 0.2) is 48.1 Å². The summed E-state index contributed by atoms with van der Waals surface area (Å²) < 4.78 is 14.2. The molecule has 2 heterocycles. The molecule has 0 aromatic carbocycles. The number of carbonyl (C=O) groups is 3. The van der Waals surface area contributed by atoms with Crippen molar-refractivity contribution >= 4 is 34.3 Å². The predicted molar refractivity (Wildman–Crippen MR) is 196 cm³/mol. The van der Waals surface area contributed by atoms with Gasteiger partial charge in [0.05, 0.1) is 5.57 Å². The van der Waals surface area contributed by atoms with Crippen LogP contribution < -0.4 is 0 Å². The molecule has 0 aromatic heterocycles. The normalized spacial score (nSPS) is 21.2. The van der Waals surface area contributed by atoms with Gasteiger partial charge in [-0.1, -0.05) is 113 Å². The van der Waals surface area contributed by atoms with Gasteiger partial charge in [-0.05, 0) is 84.4 Å². The molecule has 46 heavy (non-hydrogen) atoms. The molecule has 2 aliphatic rings. The zero-order chi connectivity index (χ0) is 35.0. The second kappa shape index (κ2) is 16.9. The van der Waals surface area contributed by atoms with Crippen LogP contribution in [0.4, 0.5) is 0 Å². The highest BCUT2D eigenvalue weighted by Crippen LogP contribution is 2.53. The Kier molecular flexibility index (Phi) is 14.7. The Morgan fingerprint density at radius 1 is 0.826 bits per heavy atom. The number of hydrogen-bond acceptors (Lipinski definition) is 5. The van der Waals surface area contributed by atoms with E-state index in [0.29, 0.717) is 13.0 Å². The highest BCUT2D eigenvalue weighted by atomic mass is 28.4. The molecule has 260 valence electrons. The number of ketones is 1. The van der Waals surface area contributed by atoms with E-state index < -0.39 is 28.3 Å². The molecule has 1 amide bonds. The van der Waals surface area contributed by atoms with Crippen molar-refractivity contribution in [2.45, 2.75) is 161 Å². The van der Waals surface area contributed by atoms with Crippen molar-refractivity contribution < 1.29 is 23.2 Å². The van der Waals surface area contributed by atoms with Crippen LogP contribution >= 0.6 is 0 Å². The molecule has 2 aliphatic heterocycles. The van der Waals surface area contributed by atoms with Crippen LogP contribution in [0.5, 0.6) is 0 Å². The van der Waals surface area contributed by atoms with E-state index in [9.17, 15) is 14.4 Å². The average Bonchev–Trinajstić information content (AvgIpc) is 3.46. The van der Waals surface area contributed by atoms with Gasteiger partial charge in [0.25, 0.3) is 14.2 Å². The first-order chi connectivity index (χ1) is 21.5. The Balaban J connectivity index is 2.57. The van der Waals surface area contributed by atoms with E-state index in [0.717, 1.165) is 25.7 Å². The van der Waals surface area contributed by atoms with Gasteiger partial charge in [0, 0.05) is 6.54 Å². The minimum Gasteiger partial charge on any atom is -0.518 e. The van der Waals surface area contributed by atoms with Crippen molar-refractivity contribution in [3.8, 4) is 0 Å². The summed E-state index contributed by atoms with van der Waals surface area (Å²) in [5, 5.41) is 0. The van der Waals surface area contributed by atoms with Crippen LogP contribution in [0.1, 0.15) is 122 Å². The van der Waals surface area contributed by atoms with E-state index in [1.807, 2.05) is 25.2 Å². The molecule has 1 saturated heterocycles. The number of hydrogen-bond donors (Lipinski definition) is 0. The summed E-state index contributed by atoms with van der Waals surface area (Å²) in [5.41, 5.74) is 0.174. The number of rotatable bonds is 18. The molecule has 0 N–H and O–H groups in total. The zero-order valence-electron chi connectivity index (χ0n) is 31.3. The molecule has 0 aliphatic carbocycles. The van der Waals surface area contributed by atoms with Crippen molar-refractivity contribution in [3.63, 3.8) is 0 Å². The maximum absolute atomic E-state index is 14.5. The summed E-state index contributed by atoms with van der Waals surface area (Å²) in [7, 11) is -5.18. The summed E-state index contributed by atoms with van der Waals surface area (Å²) >= 11 is 0. The van der Waals surface area contributed by atoms with Gasteiger partial charge in [-0.2, -0.15) is 0 Å². The monoisotopic (exact) mass is 671 g/mol. The highest BCUT2D eigenvalue weighted by Gasteiger charge is 2.64. The van der Waals surface area contributed by atoms with E-state index in [4.69, 9.17) is 8.85 Å². The van der Waals surface area contributed by atoms with Crippen LogP contribution in [0.25, 0.3) is 0 Å². The van der Waals surface area contributed by atoms with Crippen molar-refractivity contribution in [2.75, 3.05) is 6.54 Å². The van der Waals surface area contributed by atoms with Crippen LogP contribution in [-0.4, -0.2) is 51.5 Å². The third kappa shape index (κ3) is 7.98. The molecule has 0 saturated carbocycles. The van der Waals surface area contributed by atoms with E-state index in [2.05, 4.69) is 95.2 Å². The Hall–Kier alpha value is -2.04. The smallest absolute Gasteiger partial charge is 0.300 e. The SMILES string of the molecule is C/C=C/C=C/CCCC/C=C/C(=O)C1=C[C@]2(O[Si](C(C)C)(C(C)C)C(C)C)[C@H](C(=O)O[Si](C(C)C)(C(C)C)C(C)C)CCN2C1=O. The van der Waals surface area contributed by atoms with Gasteiger partial charge in [0.1, 0.15) is 5.92 Å². The number of amides is 1. The summed E-state index contributed by atoms with van der Waals surface area (Å²) in [6, 6.07) is 0. The second-order valence-electron chi connectivity index (χ2n) is 15.3. The molecule has 2 rings (SSSR count). The zero-order valence-corrected chi connectivity index (χ0v) is 33.3. The molecular formula is C38H65NO5Si2. The summed E-state index contributed by atoms with van der Waals surface area (Å²) in [6.07, 6.45) is 17.6. The molecular weight excluding hydrogens is 607 g/mol. The van der Waals surface area contributed by atoms with Gasteiger partial charge in [0.2, 0.25) is 8.32 Å². The second-order valence-corrected chi connectivity index (χ2v) is 26.0. The molecule has 1 fully saturated rings. The van der Waals surface area contributed by atoms with Gasteiger partial charge < -0.3 is 13.8 Å². The maximum Gasteiger partial charge on any atom is 0.300 e. The molecule has 0 unspecified atom stereocenters. The van der Waals surface area contributed by atoms with Gasteiger partial charge in [0.15, 0.2) is 11.5 Å². The van der Waals surface area contributed by atoms with Crippen LogP contribution in [0.3, 0.4) is 0 Å². The first kappa shape index (κ1) is 40.1. The van der Waals surface area contributed by atoms with E-state index in [1.165, 1.54) is 6.08 Å². The lowest BCUT2D eigenvalue weighted by molar-refractivity contribution is -0.153. The third-order valence-electron chi connectivity index (χ3n) is 10.7. The van der Waals surface area contributed by atoms with Crippen molar-refractivity contribution in [1.29, 1.82) is 0 Å². The Morgan fingerprint density at radius 2 is 1.33 bits per heavy atom. The van der Waals surface area contributed by atoms with E-state index >= 15 is 0 Å². The Labute approximate surface area is 283 Å². The minimum atomic E-state index is -2.62. The molecule has 0 spiro atoms. The van der Waals surface area contributed by atoms with Crippen LogP contribution in [-0.2, 0) is 23.2 Å². The van der Waals surface area contributed by atoms with Crippen LogP contribution in [0.2, 0.25) is 33.2 Å². The predicted octanol–water partition coefficient (Wildman–Crippen LogP) is 10.2.